The molecule has 1 spiro atoms. The summed E-state index contributed by atoms with van der Waals surface area (Å²) in [6.07, 6.45) is -1.08. The second-order valence-corrected chi connectivity index (χ2v) is 8.15. The Bertz CT molecular complexity index is 875. The van der Waals surface area contributed by atoms with E-state index >= 15 is 0 Å². The Labute approximate surface area is 162 Å². The molecule has 0 saturated carbocycles. The van der Waals surface area contributed by atoms with Gasteiger partial charge in [0.15, 0.2) is 0 Å². The van der Waals surface area contributed by atoms with Gasteiger partial charge >= 0.3 is 6.18 Å². The third-order valence-corrected chi connectivity index (χ3v) is 5.94. The van der Waals surface area contributed by atoms with Crippen molar-refractivity contribution in [2.75, 3.05) is 46.0 Å². The van der Waals surface area contributed by atoms with Crippen molar-refractivity contribution >= 4 is 5.82 Å². The number of nitrogens with two attached hydrogens (primary N) is 1. The van der Waals surface area contributed by atoms with Crippen LogP contribution in [0.2, 0.25) is 0 Å². The third-order valence-electron chi connectivity index (χ3n) is 5.94. The first-order chi connectivity index (χ1) is 13.2. The lowest BCUT2D eigenvalue weighted by molar-refractivity contribution is -0.137. The second-order valence-electron chi connectivity index (χ2n) is 8.15. The molecule has 4 rings (SSSR count). The molecule has 2 aromatic heterocycles. The van der Waals surface area contributed by atoms with Gasteiger partial charge in [0.25, 0.3) is 0 Å². The van der Waals surface area contributed by atoms with Crippen molar-refractivity contribution in [2.24, 2.45) is 0 Å². The Morgan fingerprint density at radius 2 is 1.96 bits per heavy atom. The first kappa shape index (κ1) is 19.2. The molecule has 1 saturated heterocycles. The zero-order valence-corrected chi connectivity index (χ0v) is 16.1. The summed E-state index contributed by atoms with van der Waals surface area (Å²) < 4.78 is 41.4. The van der Waals surface area contributed by atoms with E-state index in [2.05, 4.69) is 34.0 Å². The van der Waals surface area contributed by atoms with Gasteiger partial charge in [-0.25, -0.2) is 4.98 Å². The van der Waals surface area contributed by atoms with Gasteiger partial charge in [-0.15, -0.1) is 0 Å². The number of aromatic nitrogens is 3. The van der Waals surface area contributed by atoms with E-state index in [-0.39, 0.29) is 5.41 Å². The van der Waals surface area contributed by atoms with E-state index in [9.17, 15) is 13.2 Å². The lowest BCUT2D eigenvalue weighted by atomic mass is 9.82. The number of anilines is 1. The molecule has 1 atom stereocenters. The van der Waals surface area contributed by atoms with Crippen molar-refractivity contribution in [1.82, 2.24) is 24.6 Å². The van der Waals surface area contributed by atoms with Crippen molar-refractivity contribution in [3.63, 3.8) is 0 Å². The maximum Gasteiger partial charge on any atom is 0.419 e. The van der Waals surface area contributed by atoms with Crippen LogP contribution in [0, 0.1) is 0 Å². The highest BCUT2D eigenvalue weighted by Gasteiger charge is 2.45. The van der Waals surface area contributed by atoms with E-state index in [4.69, 9.17) is 5.73 Å². The van der Waals surface area contributed by atoms with Crippen LogP contribution in [0.1, 0.15) is 24.1 Å². The van der Waals surface area contributed by atoms with Gasteiger partial charge in [0.1, 0.15) is 5.82 Å². The Morgan fingerprint density at radius 3 is 2.68 bits per heavy atom. The summed E-state index contributed by atoms with van der Waals surface area (Å²) in [6.45, 7) is 4.84. The van der Waals surface area contributed by atoms with Crippen LogP contribution >= 0.6 is 0 Å². The van der Waals surface area contributed by atoms with E-state index in [1.807, 2.05) is 10.7 Å². The molecule has 0 bridgehead atoms. The standard InChI is InChI=1S/C19H25F3N6/c1-26(2)7-8-27-5-3-18(12-27)4-6-28-16(18)10-15(25-28)13-9-14(19(20,21)22)17(23)24-11-13/h9-11H,3-8,12H2,1-2H3,(H2,23,24)/t18-/m1/s1. The fourth-order valence-corrected chi connectivity index (χ4v) is 4.35. The van der Waals surface area contributed by atoms with E-state index in [1.54, 1.807) is 0 Å². The molecule has 152 valence electrons. The highest BCUT2D eigenvalue weighted by Crippen LogP contribution is 2.44. The van der Waals surface area contributed by atoms with Gasteiger partial charge in [0.05, 0.1) is 11.3 Å². The normalized spacial score (nSPS) is 22.5. The molecule has 28 heavy (non-hydrogen) atoms. The van der Waals surface area contributed by atoms with Crippen molar-refractivity contribution in [2.45, 2.75) is 31.0 Å². The predicted octanol–water partition coefficient (Wildman–Crippen LogP) is 2.45. The van der Waals surface area contributed by atoms with Crippen LogP contribution in [0.25, 0.3) is 11.3 Å². The highest BCUT2D eigenvalue weighted by molar-refractivity contribution is 5.63. The molecule has 6 nitrogen and oxygen atoms in total. The summed E-state index contributed by atoms with van der Waals surface area (Å²) in [6, 6.07) is 2.99. The number of hydrogen-bond acceptors (Lipinski definition) is 5. The van der Waals surface area contributed by atoms with Crippen molar-refractivity contribution in [3.05, 3.63) is 29.6 Å². The summed E-state index contributed by atoms with van der Waals surface area (Å²) in [4.78, 5) is 8.38. The van der Waals surface area contributed by atoms with Crippen LogP contribution in [-0.4, -0.2) is 64.8 Å². The number of likely N-dealkylation sites (N-methyl/N-ethyl adjacent to an activating group) is 1. The first-order valence-corrected chi connectivity index (χ1v) is 9.46. The molecule has 0 radical (unpaired) electrons. The van der Waals surface area contributed by atoms with E-state index in [0.717, 1.165) is 57.3 Å². The van der Waals surface area contributed by atoms with E-state index < -0.39 is 17.6 Å². The lowest BCUT2D eigenvalue weighted by Crippen LogP contribution is -2.33. The molecular weight excluding hydrogens is 369 g/mol. The van der Waals surface area contributed by atoms with E-state index in [1.165, 1.54) is 6.20 Å². The molecule has 2 aliphatic rings. The Morgan fingerprint density at radius 1 is 1.21 bits per heavy atom. The summed E-state index contributed by atoms with van der Waals surface area (Å²) in [5.41, 5.74) is 6.55. The lowest BCUT2D eigenvalue weighted by Gasteiger charge is -2.24. The quantitative estimate of drug-likeness (QED) is 0.863. The third kappa shape index (κ3) is 3.37. The summed E-state index contributed by atoms with van der Waals surface area (Å²) >= 11 is 0. The van der Waals surface area contributed by atoms with Crippen LogP contribution in [0.3, 0.4) is 0 Å². The number of rotatable bonds is 4. The molecule has 9 heteroatoms. The summed E-state index contributed by atoms with van der Waals surface area (Å²) in [5, 5.41) is 4.57. The second kappa shape index (κ2) is 6.73. The minimum absolute atomic E-state index is 0.0473. The fourth-order valence-electron chi connectivity index (χ4n) is 4.35. The molecule has 0 aliphatic carbocycles. The zero-order valence-electron chi connectivity index (χ0n) is 16.1. The predicted molar refractivity (Wildman–Crippen MR) is 101 cm³/mol. The Balaban J connectivity index is 1.60. The molecule has 1 fully saturated rings. The number of nitrogens with zero attached hydrogens (tertiary/aromatic N) is 5. The van der Waals surface area contributed by atoms with Gasteiger partial charge in [-0.3, -0.25) is 4.68 Å². The van der Waals surface area contributed by atoms with E-state index in [0.29, 0.717) is 11.3 Å². The van der Waals surface area contributed by atoms with Crippen molar-refractivity contribution < 1.29 is 13.2 Å². The van der Waals surface area contributed by atoms with Gasteiger partial charge in [-0.05, 0) is 45.6 Å². The number of likely N-dealkylation sites (tertiary alicyclic amines) is 1. The maximum absolute atomic E-state index is 13.2. The maximum atomic E-state index is 13.2. The van der Waals surface area contributed by atoms with Crippen LogP contribution in [-0.2, 0) is 18.1 Å². The smallest absolute Gasteiger partial charge is 0.383 e. The average Bonchev–Trinajstić information content (AvgIpc) is 3.30. The monoisotopic (exact) mass is 394 g/mol. The molecule has 2 aliphatic heterocycles. The van der Waals surface area contributed by atoms with Gasteiger partial charge < -0.3 is 15.5 Å². The average molecular weight is 394 g/mol. The SMILES string of the molecule is CN(C)CCN1CC[C@@]2(CCn3nc(-c4cnc(N)c(C(F)(F)F)c4)cc32)C1. The summed E-state index contributed by atoms with van der Waals surface area (Å²) in [5.74, 6) is -0.508. The Kier molecular flexibility index (Phi) is 4.62. The molecule has 0 unspecified atom stereocenters. The molecule has 0 amide bonds. The number of hydrogen-bond donors (Lipinski definition) is 1. The molecule has 2 N–H and O–H groups in total. The fraction of sp³-hybridized carbons (Fsp3) is 0.579. The number of alkyl halides is 3. The van der Waals surface area contributed by atoms with Gasteiger partial charge in [-0.2, -0.15) is 18.3 Å². The number of halogens is 3. The van der Waals surface area contributed by atoms with Crippen molar-refractivity contribution in [3.8, 4) is 11.3 Å². The van der Waals surface area contributed by atoms with Crippen LogP contribution in [0.4, 0.5) is 19.0 Å². The summed E-state index contributed by atoms with van der Waals surface area (Å²) in [7, 11) is 4.14. The first-order valence-electron chi connectivity index (χ1n) is 9.46. The minimum Gasteiger partial charge on any atom is -0.383 e. The molecule has 2 aromatic rings. The van der Waals surface area contributed by atoms with Crippen molar-refractivity contribution in [1.29, 1.82) is 0 Å². The van der Waals surface area contributed by atoms with Crippen LogP contribution in [0.15, 0.2) is 18.3 Å². The molecule has 4 heterocycles. The van der Waals surface area contributed by atoms with Crippen LogP contribution in [0.5, 0.6) is 0 Å². The Hall–Kier alpha value is -2.13. The molecule has 0 aromatic carbocycles. The van der Waals surface area contributed by atoms with Gasteiger partial charge in [0, 0.05) is 49.0 Å². The number of aryl methyl sites for hydroxylation is 1. The highest BCUT2D eigenvalue weighted by atomic mass is 19.4. The minimum atomic E-state index is -4.53. The largest absolute Gasteiger partial charge is 0.419 e. The number of nitrogen functional groups attached to an aromatic ring is 1. The van der Waals surface area contributed by atoms with Crippen LogP contribution < -0.4 is 5.73 Å². The zero-order chi connectivity index (χ0) is 20.1. The molecular formula is C19H25F3N6. The number of fused-ring (bicyclic) bond motifs is 2. The van der Waals surface area contributed by atoms with Gasteiger partial charge in [-0.1, -0.05) is 0 Å². The topological polar surface area (TPSA) is 63.2 Å². The van der Waals surface area contributed by atoms with Gasteiger partial charge in [0.2, 0.25) is 0 Å². The number of pyridine rings is 1.